The van der Waals surface area contributed by atoms with Crippen LogP contribution < -0.4 is 0 Å². The fourth-order valence-electron chi connectivity index (χ4n) is 1.53. The zero-order valence-corrected chi connectivity index (χ0v) is 9.20. The Balaban J connectivity index is 2.33. The van der Waals surface area contributed by atoms with Crippen LogP contribution in [0.25, 0.3) is 11.3 Å². The average Bonchev–Trinajstić information content (AvgIpc) is 2.30. The number of pyridine rings is 1. The van der Waals surface area contributed by atoms with Crippen LogP contribution in [-0.2, 0) is 6.42 Å². The van der Waals surface area contributed by atoms with Crippen molar-refractivity contribution in [3.63, 3.8) is 0 Å². The van der Waals surface area contributed by atoms with Gasteiger partial charge in [0, 0.05) is 11.8 Å². The molecule has 2 rings (SSSR count). The molecule has 0 amide bonds. The highest BCUT2D eigenvalue weighted by Crippen LogP contribution is 2.17. The van der Waals surface area contributed by atoms with Gasteiger partial charge in [0.25, 0.3) is 0 Å². The first-order valence-electron chi connectivity index (χ1n) is 5.31. The summed E-state index contributed by atoms with van der Waals surface area (Å²) >= 11 is 0. The molecule has 0 aliphatic heterocycles. The Morgan fingerprint density at radius 1 is 1.00 bits per heavy atom. The average molecular weight is 197 g/mol. The normalized spacial score (nSPS) is 10.3. The molecule has 0 saturated heterocycles. The summed E-state index contributed by atoms with van der Waals surface area (Å²) in [5.41, 5.74) is 4.80. The van der Waals surface area contributed by atoms with Crippen LogP contribution in [0.4, 0.5) is 0 Å². The summed E-state index contributed by atoms with van der Waals surface area (Å²) in [7, 11) is 0. The van der Waals surface area contributed by atoms with Gasteiger partial charge in [-0.1, -0.05) is 42.8 Å². The molecule has 1 aromatic carbocycles. The standard InChI is InChI=1S/C14H15N/c1-3-12-6-9-14(15-10-12)13-7-4-11(2)5-8-13/h4-10H,3H2,1-2H3. The number of nitrogens with zero attached hydrogens (tertiary/aromatic N) is 1. The van der Waals surface area contributed by atoms with Crippen LogP contribution in [0.2, 0.25) is 0 Å². The zero-order valence-electron chi connectivity index (χ0n) is 9.20. The number of aryl methyl sites for hydroxylation is 2. The molecular formula is C14H15N. The van der Waals surface area contributed by atoms with Crippen molar-refractivity contribution < 1.29 is 0 Å². The predicted octanol–water partition coefficient (Wildman–Crippen LogP) is 3.62. The molecule has 1 heterocycles. The van der Waals surface area contributed by atoms with Gasteiger partial charge in [0.15, 0.2) is 0 Å². The second-order valence-corrected chi connectivity index (χ2v) is 3.77. The van der Waals surface area contributed by atoms with E-state index in [0.29, 0.717) is 0 Å². The van der Waals surface area contributed by atoms with Crippen LogP contribution in [0.1, 0.15) is 18.1 Å². The van der Waals surface area contributed by atoms with Gasteiger partial charge in [-0.15, -0.1) is 0 Å². The Labute approximate surface area is 90.8 Å². The fourth-order valence-corrected chi connectivity index (χ4v) is 1.53. The molecule has 1 nitrogen and oxygen atoms in total. The van der Waals surface area contributed by atoms with E-state index in [1.165, 1.54) is 16.7 Å². The van der Waals surface area contributed by atoms with Crippen molar-refractivity contribution in [3.8, 4) is 11.3 Å². The van der Waals surface area contributed by atoms with Crippen molar-refractivity contribution in [1.29, 1.82) is 0 Å². The van der Waals surface area contributed by atoms with E-state index >= 15 is 0 Å². The van der Waals surface area contributed by atoms with Gasteiger partial charge in [0.1, 0.15) is 0 Å². The minimum atomic E-state index is 1.04. The fraction of sp³-hybridized carbons (Fsp3) is 0.214. The molecule has 15 heavy (non-hydrogen) atoms. The minimum absolute atomic E-state index is 1.04. The first-order chi connectivity index (χ1) is 7.29. The number of rotatable bonds is 2. The van der Waals surface area contributed by atoms with Crippen LogP contribution >= 0.6 is 0 Å². The van der Waals surface area contributed by atoms with Crippen LogP contribution in [0.5, 0.6) is 0 Å². The van der Waals surface area contributed by atoms with Crippen molar-refractivity contribution in [1.82, 2.24) is 4.98 Å². The van der Waals surface area contributed by atoms with Crippen molar-refractivity contribution in [2.45, 2.75) is 20.3 Å². The molecule has 0 atom stereocenters. The van der Waals surface area contributed by atoms with E-state index < -0.39 is 0 Å². The predicted molar refractivity (Wildman–Crippen MR) is 63.8 cm³/mol. The SMILES string of the molecule is CCc1ccc(-c2ccc(C)cc2)nc1. The largest absolute Gasteiger partial charge is 0.256 e. The van der Waals surface area contributed by atoms with Crippen molar-refractivity contribution >= 4 is 0 Å². The molecule has 0 fully saturated rings. The van der Waals surface area contributed by atoms with Crippen molar-refractivity contribution in [2.75, 3.05) is 0 Å². The van der Waals surface area contributed by atoms with E-state index in [1.807, 2.05) is 6.20 Å². The van der Waals surface area contributed by atoms with Gasteiger partial charge in [-0.2, -0.15) is 0 Å². The molecule has 0 aliphatic carbocycles. The molecule has 2 aromatic rings. The Kier molecular flexibility index (Phi) is 2.82. The topological polar surface area (TPSA) is 12.9 Å². The third-order valence-electron chi connectivity index (χ3n) is 2.58. The summed E-state index contributed by atoms with van der Waals surface area (Å²) in [6.45, 7) is 4.24. The highest BCUT2D eigenvalue weighted by atomic mass is 14.7. The molecule has 0 aliphatic rings. The number of aromatic nitrogens is 1. The molecule has 1 heteroatoms. The Hall–Kier alpha value is -1.63. The van der Waals surface area contributed by atoms with Gasteiger partial charge in [-0.3, -0.25) is 4.98 Å². The maximum atomic E-state index is 4.45. The Bertz CT molecular complexity index is 426. The maximum Gasteiger partial charge on any atom is 0.0702 e. The lowest BCUT2D eigenvalue weighted by Crippen LogP contribution is -1.86. The first kappa shape index (κ1) is 9.91. The smallest absolute Gasteiger partial charge is 0.0702 e. The second-order valence-electron chi connectivity index (χ2n) is 3.77. The summed E-state index contributed by atoms with van der Waals surface area (Å²) in [5.74, 6) is 0. The quantitative estimate of drug-likeness (QED) is 0.716. The number of benzene rings is 1. The molecule has 76 valence electrons. The monoisotopic (exact) mass is 197 g/mol. The van der Waals surface area contributed by atoms with E-state index in [9.17, 15) is 0 Å². The van der Waals surface area contributed by atoms with Crippen LogP contribution in [0.3, 0.4) is 0 Å². The van der Waals surface area contributed by atoms with E-state index in [0.717, 1.165) is 12.1 Å². The van der Waals surface area contributed by atoms with E-state index in [2.05, 4.69) is 55.2 Å². The minimum Gasteiger partial charge on any atom is -0.256 e. The molecule has 0 radical (unpaired) electrons. The second kappa shape index (κ2) is 4.26. The van der Waals surface area contributed by atoms with Crippen LogP contribution in [0, 0.1) is 6.92 Å². The molecule has 0 unspecified atom stereocenters. The lowest BCUT2D eigenvalue weighted by Gasteiger charge is -2.02. The van der Waals surface area contributed by atoms with Gasteiger partial charge in [0.05, 0.1) is 5.69 Å². The van der Waals surface area contributed by atoms with Gasteiger partial charge < -0.3 is 0 Å². The molecule has 0 spiro atoms. The summed E-state index contributed by atoms with van der Waals surface area (Å²) < 4.78 is 0. The highest BCUT2D eigenvalue weighted by Gasteiger charge is 1.98. The first-order valence-corrected chi connectivity index (χ1v) is 5.31. The molecule has 0 saturated carbocycles. The van der Waals surface area contributed by atoms with Gasteiger partial charge in [0.2, 0.25) is 0 Å². The van der Waals surface area contributed by atoms with Crippen molar-refractivity contribution in [3.05, 3.63) is 53.7 Å². The van der Waals surface area contributed by atoms with E-state index in [-0.39, 0.29) is 0 Å². The van der Waals surface area contributed by atoms with Gasteiger partial charge in [-0.05, 0) is 25.0 Å². The lowest BCUT2D eigenvalue weighted by molar-refractivity contribution is 1.11. The summed E-state index contributed by atoms with van der Waals surface area (Å²) in [6.07, 6.45) is 3.00. The maximum absolute atomic E-state index is 4.45. The summed E-state index contributed by atoms with van der Waals surface area (Å²) in [5, 5.41) is 0. The molecule has 0 N–H and O–H groups in total. The molecular weight excluding hydrogens is 182 g/mol. The van der Waals surface area contributed by atoms with Gasteiger partial charge >= 0.3 is 0 Å². The van der Waals surface area contributed by atoms with Crippen LogP contribution in [0.15, 0.2) is 42.6 Å². The highest BCUT2D eigenvalue weighted by molar-refractivity contribution is 5.59. The Morgan fingerprint density at radius 3 is 2.27 bits per heavy atom. The Morgan fingerprint density at radius 2 is 1.73 bits per heavy atom. The van der Waals surface area contributed by atoms with Gasteiger partial charge in [-0.25, -0.2) is 0 Å². The molecule has 1 aromatic heterocycles. The summed E-state index contributed by atoms with van der Waals surface area (Å²) in [6, 6.07) is 12.7. The molecule has 0 bridgehead atoms. The number of hydrogen-bond donors (Lipinski definition) is 0. The zero-order chi connectivity index (χ0) is 10.7. The van der Waals surface area contributed by atoms with E-state index in [4.69, 9.17) is 0 Å². The third kappa shape index (κ3) is 2.24. The lowest BCUT2D eigenvalue weighted by atomic mass is 10.1. The van der Waals surface area contributed by atoms with Crippen molar-refractivity contribution in [2.24, 2.45) is 0 Å². The van der Waals surface area contributed by atoms with E-state index in [1.54, 1.807) is 0 Å². The summed E-state index contributed by atoms with van der Waals surface area (Å²) in [4.78, 5) is 4.45. The third-order valence-corrected chi connectivity index (χ3v) is 2.58. The van der Waals surface area contributed by atoms with Crippen LogP contribution in [-0.4, -0.2) is 4.98 Å². The number of hydrogen-bond acceptors (Lipinski definition) is 1.